The molecule has 36 heavy (non-hydrogen) atoms. The van der Waals surface area contributed by atoms with E-state index in [1.807, 2.05) is 25.2 Å². The van der Waals surface area contributed by atoms with Crippen LogP contribution in [0.3, 0.4) is 0 Å². The highest BCUT2D eigenvalue weighted by atomic mass is 19.4. The SMILES string of the molecule is C=C(NCCC)c1[nH]c(C(/C=C\C(C)=N\N=C(/C)c2ccc(C(F)(F)F)cc2)=C/C)nc1NC1CC1. The summed E-state index contributed by atoms with van der Waals surface area (Å²) in [6.45, 7) is 12.5. The molecule has 6 nitrogen and oxygen atoms in total. The van der Waals surface area contributed by atoms with Crippen LogP contribution in [-0.2, 0) is 6.18 Å². The maximum Gasteiger partial charge on any atom is 0.416 e. The zero-order chi connectivity index (χ0) is 26.3. The number of halogens is 3. The van der Waals surface area contributed by atoms with Crippen molar-refractivity contribution in [2.24, 2.45) is 10.2 Å². The zero-order valence-electron chi connectivity index (χ0n) is 21.1. The molecule has 1 saturated carbocycles. The molecule has 2 aromatic rings. The molecule has 1 aliphatic carbocycles. The van der Waals surface area contributed by atoms with Crippen molar-refractivity contribution in [1.82, 2.24) is 15.3 Å². The summed E-state index contributed by atoms with van der Waals surface area (Å²) in [7, 11) is 0. The van der Waals surface area contributed by atoms with Gasteiger partial charge in [0.15, 0.2) is 5.82 Å². The number of H-pyrrole nitrogens is 1. The van der Waals surface area contributed by atoms with Gasteiger partial charge in [-0.15, -0.1) is 0 Å². The Kier molecular flexibility index (Phi) is 8.90. The Hall–Kier alpha value is -3.62. The second kappa shape index (κ2) is 11.9. The van der Waals surface area contributed by atoms with Gasteiger partial charge in [-0.25, -0.2) is 4.98 Å². The number of anilines is 1. The number of aromatic nitrogens is 2. The Morgan fingerprint density at radius 3 is 2.44 bits per heavy atom. The van der Waals surface area contributed by atoms with Crippen molar-refractivity contribution in [2.75, 3.05) is 11.9 Å². The molecule has 1 aliphatic rings. The standard InChI is InChI=1S/C27H33F3N6/c1-6-16-31-19(5)24-26(32-23-14-15-23)34-25(33-24)20(7-2)9-8-17(3)35-36-18(4)21-10-12-22(13-11-21)27(28,29)30/h7-13,23,31-32H,5-6,14-16H2,1-4H3,(H,33,34)/b9-8-,20-7+,35-17+,36-18+. The molecule has 1 heterocycles. The molecule has 192 valence electrons. The summed E-state index contributed by atoms with van der Waals surface area (Å²) in [5.74, 6) is 1.50. The van der Waals surface area contributed by atoms with Crippen molar-refractivity contribution in [3.05, 3.63) is 71.7 Å². The Balaban J connectivity index is 1.74. The van der Waals surface area contributed by atoms with Crippen molar-refractivity contribution in [2.45, 2.75) is 59.2 Å². The lowest BCUT2D eigenvalue weighted by molar-refractivity contribution is -0.137. The molecule has 3 rings (SSSR count). The lowest BCUT2D eigenvalue weighted by Gasteiger charge is -2.09. The summed E-state index contributed by atoms with van der Waals surface area (Å²) in [6, 6.07) is 5.32. The number of rotatable bonds is 11. The fourth-order valence-corrected chi connectivity index (χ4v) is 3.29. The summed E-state index contributed by atoms with van der Waals surface area (Å²) in [6.07, 6.45) is 4.56. The van der Waals surface area contributed by atoms with Crippen LogP contribution in [0.4, 0.5) is 19.0 Å². The maximum atomic E-state index is 12.8. The number of hydrogen-bond acceptors (Lipinski definition) is 5. The minimum absolute atomic E-state index is 0.448. The van der Waals surface area contributed by atoms with Crippen LogP contribution in [0.15, 0.2) is 59.3 Å². The van der Waals surface area contributed by atoms with Crippen LogP contribution in [-0.4, -0.2) is 34.0 Å². The monoisotopic (exact) mass is 498 g/mol. The number of nitrogens with zero attached hydrogens (tertiary/aromatic N) is 3. The third-order valence-electron chi connectivity index (χ3n) is 5.59. The molecule has 1 fully saturated rings. The lowest BCUT2D eigenvalue weighted by Crippen LogP contribution is -2.14. The van der Waals surface area contributed by atoms with E-state index in [0.29, 0.717) is 28.9 Å². The van der Waals surface area contributed by atoms with E-state index < -0.39 is 11.7 Å². The molecule has 0 radical (unpaired) electrons. The lowest BCUT2D eigenvalue weighted by atomic mass is 10.1. The summed E-state index contributed by atoms with van der Waals surface area (Å²) >= 11 is 0. The molecule has 0 amide bonds. The van der Waals surface area contributed by atoms with Crippen molar-refractivity contribution in [1.29, 1.82) is 0 Å². The predicted molar refractivity (Wildman–Crippen MR) is 142 cm³/mol. The summed E-state index contributed by atoms with van der Waals surface area (Å²) < 4.78 is 38.3. The first kappa shape index (κ1) is 27.0. The highest BCUT2D eigenvalue weighted by Crippen LogP contribution is 2.30. The molecule has 0 bridgehead atoms. The third-order valence-corrected chi connectivity index (χ3v) is 5.59. The Morgan fingerprint density at radius 1 is 1.17 bits per heavy atom. The fourth-order valence-electron chi connectivity index (χ4n) is 3.29. The quantitative estimate of drug-likeness (QED) is 0.181. The molecule has 0 aliphatic heterocycles. The number of allylic oxidation sites excluding steroid dienone is 4. The molecule has 1 aromatic heterocycles. The van der Waals surface area contributed by atoms with Gasteiger partial charge in [-0.3, -0.25) is 0 Å². The van der Waals surface area contributed by atoms with Gasteiger partial charge < -0.3 is 15.6 Å². The Bertz CT molecular complexity index is 1180. The van der Waals surface area contributed by atoms with Crippen LogP contribution >= 0.6 is 0 Å². The number of hydrogen-bond donors (Lipinski definition) is 3. The van der Waals surface area contributed by atoms with E-state index in [9.17, 15) is 13.2 Å². The molecule has 0 atom stereocenters. The van der Waals surface area contributed by atoms with Crippen LogP contribution in [0.2, 0.25) is 0 Å². The van der Waals surface area contributed by atoms with E-state index in [1.165, 1.54) is 12.1 Å². The van der Waals surface area contributed by atoms with Crippen LogP contribution in [0, 0.1) is 0 Å². The van der Waals surface area contributed by atoms with Crippen LogP contribution < -0.4 is 10.6 Å². The van der Waals surface area contributed by atoms with Gasteiger partial charge in [-0.05, 0) is 69.9 Å². The van der Waals surface area contributed by atoms with E-state index in [1.54, 1.807) is 13.8 Å². The largest absolute Gasteiger partial charge is 0.416 e. The van der Waals surface area contributed by atoms with E-state index in [2.05, 4.69) is 39.3 Å². The number of imidazole rings is 1. The topological polar surface area (TPSA) is 77.5 Å². The molecule has 9 heteroatoms. The van der Waals surface area contributed by atoms with Gasteiger partial charge >= 0.3 is 6.18 Å². The molecule has 3 N–H and O–H groups in total. The Morgan fingerprint density at radius 2 is 1.86 bits per heavy atom. The molecule has 0 saturated heterocycles. The van der Waals surface area contributed by atoms with Crippen LogP contribution in [0.25, 0.3) is 11.3 Å². The summed E-state index contributed by atoms with van der Waals surface area (Å²) in [5.41, 5.74) is 3.56. The molecule has 0 unspecified atom stereocenters. The van der Waals surface area contributed by atoms with Gasteiger partial charge in [0.2, 0.25) is 0 Å². The molecular formula is C27H33F3N6. The van der Waals surface area contributed by atoms with E-state index >= 15 is 0 Å². The van der Waals surface area contributed by atoms with Gasteiger partial charge in [0, 0.05) is 18.2 Å². The first-order chi connectivity index (χ1) is 17.1. The van der Waals surface area contributed by atoms with Crippen molar-refractivity contribution < 1.29 is 13.2 Å². The van der Waals surface area contributed by atoms with E-state index in [4.69, 9.17) is 4.98 Å². The van der Waals surface area contributed by atoms with Gasteiger partial charge in [-0.1, -0.05) is 31.7 Å². The van der Waals surface area contributed by atoms with Crippen molar-refractivity contribution in [3.63, 3.8) is 0 Å². The highest BCUT2D eigenvalue weighted by molar-refractivity contribution is 6.00. The summed E-state index contributed by atoms with van der Waals surface area (Å²) in [4.78, 5) is 8.15. The minimum atomic E-state index is -4.36. The first-order valence-corrected chi connectivity index (χ1v) is 12.0. The highest BCUT2D eigenvalue weighted by Gasteiger charge is 2.30. The molecule has 0 spiro atoms. The second-order valence-corrected chi connectivity index (χ2v) is 8.71. The second-order valence-electron chi connectivity index (χ2n) is 8.71. The van der Waals surface area contributed by atoms with Gasteiger partial charge in [0.05, 0.1) is 22.7 Å². The molecule has 1 aromatic carbocycles. The van der Waals surface area contributed by atoms with Gasteiger partial charge in [0.25, 0.3) is 0 Å². The molecular weight excluding hydrogens is 465 g/mol. The van der Waals surface area contributed by atoms with Crippen molar-refractivity contribution >= 4 is 28.5 Å². The zero-order valence-corrected chi connectivity index (χ0v) is 21.1. The first-order valence-electron chi connectivity index (χ1n) is 12.0. The average molecular weight is 499 g/mol. The summed E-state index contributed by atoms with van der Waals surface area (Å²) in [5, 5.41) is 15.2. The van der Waals surface area contributed by atoms with Crippen LogP contribution in [0.1, 0.15) is 69.6 Å². The smallest absolute Gasteiger partial charge is 0.384 e. The van der Waals surface area contributed by atoms with E-state index in [-0.39, 0.29) is 0 Å². The van der Waals surface area contributed by atoms with Gasteiger partial charge in [0.1, 0.15) is 11.5 Å². The number of nitrogens with one attached hydrogen (secondary N) is 3. The van der Waals surface area contributed by atoms with Gasteiger partial charge in [-0.2, -0.15) is 23.4 Å². The third kappa shape index (κ3) is 7.44. The number of benzene rings is 1. The minimum Gasteiger partial charge on any atom is -0.384 e. The predicted octanol–water partition coefficient (Wildman–Crippen LogP) is 6.82. The number of alkyl halides is 3. The fraction of sp³-hybridized carbons (Fsp3) is 0.370. The maximum absolute atomic E-state index is 12.8. The Labute approximate surface area is 210 Å². The van der Waals surface area contributed by atoms with E-state index in [0.717, 1.165) is 60.7 Å². The normalized spacial score (nSPS) is 15.5. The number of aromatic amines is 1. The van der Waals surface area contributed by atoms with Crippen molar-refractivity contribution in [3.8, 4) is 0 Å². The average Bonchev–Trinajstić information content (AvgIpc) is 3.57. The van der Waals surface area contributed by atoms with Crippen LogP contribution in [0.5, 0.6) is 0 Å².